The van der Waals surface area contributed by atoms with Gasteiger partial charge in [0.25, 0.3) is 0 Å². The highest BCUT2D eigenvalue weighted by Crippen LogP contribution is 2.19. The smallest absolute Gasteiger partial charge is 0.225 e. The number of piperidine rings is 1. The first kappa shape index (κ1) is 14.3. The van der Waals surface area contributed by atoms with Gasteiger partial charge in [-0.2, -0.15) is 0 Å². The minimum atomic E-state index is 0.407. The molecule has 1 aromatic rings. The molecule has 0 amide bonds. The van der Waals surface area contributed by atoms with Crippen molar-refractivity contribution in [2.75, 3.05) is 24.6 Å². The maximum atomic E-state index is 5.91. The van der Waals surface area contributed by atoms with E-state index in [0.29, 0.717) is 12.0 Å². The predicted molar refractivity (Wildman–Crippen MR) is 77.5 cm³/mol. The van der Waals surface area contributed by atoms with Crippen LogP contribution in [0, 0.1) is 19.8 Å². The van der Waals surface area contributed by atoms with Crippen LogP contribution in [0.3, 0.4) is 0 Å². The van der Waals surface area contributed by atoms with Gasteiger partial charge in [0.2, 0.25) is 5.95 Å². The van der Waals surface area contributed by atoms with Crippen LogP contribution in [0.15, 0.2) is 6.07 Å². The van der Waals surface area contributed by atoms with Crippen molar-refractivity contribution in [3.05, 3.63) is 17.5 Å². The van der Waals surface area contributed by atoms with Crippen LogP contribution >= 0.6 is 0 Å². The number of hydrogen-bond donors (Lipinski definition) is 0. The highest BCUT2D eigenvalue weighted by Gasteiger charge is 2.21. The maximum absolute atomic E-state index is 5.91. The average Bonchev–Trinajstić information content (AvgIpc) is 2.36. The van der Waals surface area contributed by atoms with Crippen molar-refractivity contribution in [2.24, 2.45) is 5.92 Å². The zero-order valence-electron chi connectivity index (χ0n) is 12.5. The Morgan fingerprint density at radius 1 is 1.21 bits per heavy atom. The second kappa shape index (κ2) is 6.33. The molecular weight excluding hydrogens is 238 g/mol. The van der Waals surface area contributed by atoms with Gasteiger partial charge in [-0.1, -0.05) is 13.8 Å². The van der Waals surface area contributed by atoms with Crippen LogP contribution in [-0.4, -0.2) is 35.8 Å². The molecule has 0 spiro atoms. The molecule has 0 saturated carbocycles. The van der Waals surface area contributed by atoms with Crippen molar-refractivity contribution in [1.29, 1.82) is 0 Å². The summed E-state index contributed by atoms with van der Waals surface area (Å²) in [6.45, 7) is 11.3. The highest BCUT2D eigenvalue weighted by molar-refractivity contribution is 5.32. The molecule has 106 valence electrons. The summed E-state index contributed by atoms with van der Waals surface area (Å²) in [6.07, 6.45) is 2.55. The number of anilines is 1. The van der Waals surface area contributed by atoms with Crippen LogP contribution in [0.25, 0.3) is 0 Å². The summed E-state index contributed by atoms with van der Waals surface area (Å²) in [6, 6.07) is 2.02. The SMILES string of the molecule is Cc1cc(C)nc(N2CCC(OCC(C)C)CC2)n1. The van der Waals surface area contributed by atoms with E-state index in [0.717, 1.165) is 49.9 Å². The van der Waals surface area contributed by atoms with E-state index < -0.39 is 0 Å². The van der Waals surface area contributed by atoms with Crippen molar-refractivity contribution >= 4 is 5.95 Å². The van der Waals surface area contributed by atoms with E-state index in [4.69, 9.17) is 4.74 Å². The van der Waals surface area contributed by atoms with Crippen LogP contribution in [0.2, 0.25) is 0 Å². The van der Waals surface area contributed by atoms with E-state index in [2.05, 4.69) is 28.7 Å². The van der Waals surface area contributed by atoms with Gasteiger partial charge < -0.3 is 9.64 Å². The Morgan fingerprint density at radius 2 is 1.79 bits per heavy atom. The van der Waals surface area contributed by atoms with Crippen molar-refractivity contribution < 1.29 is 4.74 Å². The fraction of sp³-hybridized carbons (Fsp3) is 0.733. The number of aromatic nitrogens is 2. The molecule has 0 atom stereocenters. The van der Waals surface area contributed by atoms with Gasteiger partial charge in [0.15, 0.2) is 0 Å². The van der Waals surface area contributed by atoms with Gasteiger partial charge in [0, 0.05) is 31.1 Å². The number of rotatable bonds is 4. The van der Waals surface area contributed by atoms with Crippen LogP contribution in [0.5, 0.6) is 0 Å². The average molecular weight is 263 g/mol. The van der Waals surface area contributed by atoms with E-state index in [1.54, 1.807) is 0 Å². The summed E-state index contributed by atoms with van der Waals surface area (Å²) in [5.41, 5.74) is 2.08. The van der Waals surface area contributed by atoms with Crippen LogP contribution in [0.4, 0.5) is 5.95 Å². The van der Waals surface area contributed by atoms with Crippen LogP contribution in [0.1, 0.15) is 38.1 Å². The molecule has 1 aliphatic heterocycles. The topological polar surface area (TPSA) is 38.2 Å². The highest BCUT2D eigenvalue weighted by atomic mass is 16.5. The first-order valence-electron chi connectivity index (χ1n) is 7.23. The summed E-state index contributed by atoms with van der Waals surface area (Å²) in [4.78, 5) is 11.3. The second-order valence-electron chi connectivity index (χ2n) is 5.86. The largest absolute Gasteiger partial charge is 0.378 e. The molecule has 1 saturated heterocycles. The van der Waals surface area contributed by atoms with E-state index >= 15 is 0 Å². The summed E-state index contributed by atoms with van der Waals surface area (Å²) in [7, 11) is 0. The molecule has 0 aromatic carbocycles. The summed E-state index contributed by atoms with van der Waals surface area (Å²) in [5, 5.41) is 0. The third kappa shape index (κ3) is 4.16. The Hall–Kier alpha value is -1.16. The Balaban J connectivity index is 1.89. The molecule has 19 heavy (non-hydrogen) atoms. The number of ether oxygens (including phenoxy) is 1. The Bertz CT molecular complexity index is 392. The molecule has 0 aliphatic carbocycles. The fourth-order valence-corrected chi connectivity index (χ4v) is 2.40. The van der Waals surface area contributed by atoms with Gasteiger partial charge in [-0.05, 0) is 38.7 Å². The monoisotopic (exact) mass is 263 g/mol. The Kier molecular flexibility index (Phi) is 4.75. The lowest BCUT2D eigenvalue weighted by atomic mass is 10.1. The van der Waals surface area contributed by atoms with Crippen molar-refractivity contribution in [2.45, 2.75) is 46.6 Å². The molecule has 2 heterocycles. The van der Waals surface area contributed by atoms with Crippen molar-refractivity contribution in [3.63, 3.8) is 0 Å². The second-order valence-corrected chi connectivity index (χ2v) is 5.86. The first-order valence-corrected chi connectivity index (χ1v) is 7.23. The van der Waals surface area contributed by atoms with Crippen LogP contribution in [-0.2, 0) is 4.74 Å². The van der Waals surface area contributed by atoms with Gasteiger partial charge in [0.1, 0.15) is 0 Å². The molecule has 4 nitrogen and oxygen atoms in total. The zero-order valence-corrected chi connectivity index (χ0v) is 12.5. The molecule has 0 unspecified atom stereocenters. The standard InChI is InChI=1S/C15H25N3O/c1-11(2)10-19-14-5-7-18(8-6-14)15-16-12(3)9-13(4)17-15/h9,11,14H,5-8,10H2,1-4H3. The molecule has 1 aromatic heterocycles. The predicted octanol–water partition coefficient (Wildman–Crippen LogP) is 2.73. The van der Waals surface area contributed by atoms with Gasteiger partial charge >= 0.3 is 0 Å². The van der Waals surface area contributed by atoms with Gasteiger partial charge in [-0.3, -0.25) is 0 Å². The van der Waals surface area contributed by atoms with E-state index in [9.17, 15) is 0 Å². The summed E-state index contributed by atoms with van der Waals surface area (Å²) >= 11 is 0. The molecule has 2 rings (SSSR count). The number of nitrogens with zero attached hydrogens (tertiary/aromatic N) is 3. The quantitative estimate of drug-likeness (QED) is 0.837. The van der Waals surface area contributed by atoms with E-state index in [1.165, 1.54) is 0 Å². The van der Waals surface area contributed by atoms with E-state index in [-0.39, 0.29) is 0 Å². The third-order valence-electron chi connectivity index (χ3n) is 3.36. The van der Waals surface area contributed by atoms with Gasteiger partial charge in [-0.25, -0.2) is 9.97 Å². The molecule has 4 heteroatoms. The van der Waals surface area contributed by atoms with Crippen molar-refractivity contribution in [1.82, 2.24) is 9.97 Å². The summed E-state index contributed by atoms with van der Waals surface area (Å²) < 4.78 is 5.91. The minimum absolute atomic E-state index is 0.407. The van der Waals surface area contributed by atoms with Gasteiger partial charge in [-0.15, -0.1) is 0 Å². The zero-order chi connectivity index (χ0) is 13.8. The number of aryl methyl sites for hydroxylation is 2. The normalized spacial score (nSPS) is 17.2. The third-order valence-corrected chi connectivity index (χ3v) is 3.36. The lowest BCUT2D eigenvalue weighted by molar-refractivity contribution is 0.0213. The Morgan fingerprint density at radius 3 is 2.32 bits per heavy atom. The molecule has 0 radical (unpaired) electrons. The van der Waals surface area contributed by atoms with Gasteiger partial charge in [0.05, 0.1) is 6.10 Å². The summed E-state index contributed by atoms with van der Waals surface area (Å²) in [5.74, 6) is 1.49. The van der Waals surface area contributed by atoms with Crippen LogP contribution < -0.4 is 4.90 Å². The fourth-order valence-electron chi connectivity index (χ4n) is 2.40. The molecule has 1 fully saturated rings. The first-order chi connectivity index (χ1) is 9.04. The molecule has 1 aliphatic rings. The Labute approximate surface area is 116 Å². The van der Waals surface area contributed by atoms with E-state index in [1.807, 2.05) is 19.9 Å². The van der Waals surface area contributed by atoms with Crippen molar-refractivity contribution in [3.8, 4) is 0 Å². The lowest BCUT2D eigenvalue weighted by Gasteiger charge is -2.32. The molecule has 0 bridgehead atoms. The maximum Gasteiger partial charge on any atom is 0.225 e. The number of hydrogen-bond acceptors (Lipinski definition) is 4. The molecule has 0 N–H and O–H groups in total. The molecular formula is C15H25N3O. The lowest BCUT2D eigenvalue weighted by Crippen LogP contribution is -2.38. The minimum Gasteiger partial charge on any atom is -0.378 e.